The Balaban J connectivity index is 2.83. The number of carboxylic acid groups (broad SMARTS) is 1. The van der Waals surface area contributed by atoms with Gasteiger partial charge in [0.25, 0.3) is 0 Å². The summed E-state index contributed by atoms with van der Waals surface area (Å²) in [4.78, 5) is 21.4. The van der Waals surface area contributed by atoms with E-state index in [-0.39, 0.29) is 28.4 Å². The number of carbonyl (C=O) groups is 1. The van der Waals surface area contributed by atoms with E-state index in [0.717, 1.165) is 10.6 Å². The molecule has 0 bridgehead atoms. The SMILES string of the molecule is CC(C)c1nc(N(C)S(C)(=O)=O)nc(-c2ccc(F)cc2)c1/C=C/[C@@H](C[C@@H](CC(=O)O)O[Si](C)(C)C(C)(C)C)O[Si](C)(C)C(C)(C)C. The maximum atomic E-state index is 14.0. The number of rotatable bonds is 14. The van der Waals surface area contributed by atoms with Gasteiger partial charge in [-0.3, -0.25) is 4.79 Å². The predicted molar refractivity (Wildman–Crippen MR) is 195 cm³/mol. The normalized spacial score (nSPS) is 14.9. The standard InChI is InChI=1S/C34H56FN3O6SSi2/c1-23(2)30-28(31(24-15-17-25(35)18-16-24)37-32(36-30)38(9)45(10,41)42)20-19-26(43-46(11,12)33(3,4)5)21-27(22-29(39)40)44-47(13,14)34(6,7)8/h15-20,23,26-27H,21-22H2,1-14H3,(H,39,40)/b20-19+/t26-,27-/m0/s1. The Labute approximate surface area is 284 Å². The molecule has 9 nitrogen and oxygen atoms in total. The van der Waals surface area contributed by atoms with Crippen molar-refractivity contribution in [2.45, 2.75) is 123 Å². The van der Waals surface area contributed by atoms with Crippen molar-refractivity contribution in [3.8, 4) is 11.3 Å². The van der Waals surface area contributed by atoms with Crippen LogP contribution >= 0.6 is 0 Å². The first-order valence-electron chi connectivity index (χ1n) is 16.0. The molecule has 1 aromatic carbocycles. The molecular formula is C34H56FN3O6SSi2. The van der Waals surface area contributed by atoms with Gasteiger partial charge in [0.2, 0.25) is 16.0 Å². The number of hydrogen-bond donors (Lipinski definition) is 1. The Kier molecular flexibility index (Phi) is 13.0. The van der Waals surface area contributed by atoms with Crippen molar-refractivity contribution in [3.63, 3.8) is 0 Å². The molecule has 0 radical (unpaired) electrons. The van der Waals surface area contributed by atoms with E-state index in [4.69, 9.17) is 13.8 Å². The van der Waals surface area contributed by atoms with E-state index in [2.05, 4.69) is 72.7 Å². The van der Waals surface area contributed by atoms with Crippen LogP contribution in [0.15, 0.2) is 30.3 Å². The fourth-order valence-electron chi connectivity index (χ4n) is 4.34. The molecule has 47 heavy (non-hydrogen) atoms. The molecular weight excluding hydrogens is 654 g/mol. The highest BCUT2D eigenvalue weighted by atomic mass is 32.2. The highest BCUT2D eigenvalue weighted by Gasteiger charge is 2.42. The molecule has 2 atom stereocenters. The maximum Gasteiger partial charge on any atom is 0.305 e. The van der Waals surface area contributed by atoms with Crippen molar-refractivity contribution in [1.82, 2.24) is 9.97 Å². The third-order valence-electron chi connectivity index (χ3n) is 9.30. The van der Waals surface area contributed by atoms with Crippen molar-refractivity contribution >= 4 is 44.7 Å². The van der Waals surface area contributed by atoms with Crippen molar-refractivity contribution in [1.29, 1.82) is 0 Å². The molecule has 0 aliphatic rings. The molecule has 2 aromatic rings. The number of sulfonamides is 1. The van der Waals surface area contributed by atoms with Gasteiger partial charge in [0.1, 0.15) is 5.82 Å². The number of hydrogen-bond acceptors (Lipinski definition) is 7. The van der Waals surface area contributed by atoms with Crippen molar-refractivity contribution in [2.75, 3.05) is 17.6 Å². The van der Waals surface area contributed by atoms with E-state index in [9.17, 15) is 22.7 Å². The number of anilines is 1. The average molecular weight is 710 g/mol. The summed E-state index contributed by atoms with van der Waals surface area (Å²) in [7, 11) is -6.97. The van der Waals surface area contributed by atoms with Gasteiger partial charge in [-0.2, -0.15) is 0 Å². The second kappa shape index (κ2) is 15.0. The van der Waals surface area contributed by atoms with E-state index in [1.165, 1.54) is 19.2 Å². The Morgan fingerprint density at radius 1 is 0.979 bits per heavy atom. The summed E-state index contributed by atoms with van der Waals surface area (Å²) in [5.41, 5.74) is 2.27. The highest BCUT2D eigenvalue weighted by Crippen LogP contribution is 2.41. The lowest BCUT2D eigenvalue weighted by Crippen LogP contribution is -2.47. The molecule has 0 fully saturated rings. The first kappa shape index (κ1) is 40.7. The summed E-state index contributed by atoms with van der Waals surface area (Å²) in [6.07, 6.45) is 3.94. The molecule has 0 saturated heterocycles. The summed E-state index contributed by atoms with van der Waals surface area (Å²) >= 11 is 0. The highest BCUT2D eigenvalue weighted by molar-refractivity contribution is 7.92. The Hall–Kier alpha value is -2.46. The van der Waals surface area contributed by atoms with Gasteiger partial charge in [0.05, 0.1) is 36.3 Å². The van der Waals surface area contributed by atoms with E-state index in [1.54, 1.807) is 12.1 Å². The Morgan fingerprint density at radius 3 is 1.94 bits per heavy atom. The predicted octanol–water partition coefficient (Wildman–Crippen LogP) is 8.46. The smallest absolute Gasteiger partial charge is 0.305 e. The molecule has 0 aliphatic carbocycles. The fraction of sp³-hybridized carbons (Fsp3) is 0.618. The summed E-state index contributed by atoms with van der Waals surface area (Å²) in [6, 6.07) is 5.86. The third kappa shape index (κ3) is 11.0. The van der Waals surface area contributed by atoms with Gasteiger partial charge in [-0.05, 0) is 66.4 Å². The lowest BCUT2D eigenvalue weighted by molar-refractivity contribution is -0.139. The van der Waals surface area contributed by atoms with Crippen molar-refractivity contribution in [2.24, 2.45) is 0 Å². The van der Waals surface area contributed by atoms with Crippen LogP contribution in [0.5, 0.6) is 0 Å². The van der Waals surface area contributed by atoms with E-state index < -0.39 is 50.7 Å². The van der Waals surface area contributed by atoms with Crippen LogP contribution in [0.3, 0.4) is 0 Å². The summed E-state index contributed by atoms with van der Waals surface area (Å²) in [6.45, 7) is 25.2. The molecule has 0 amide bonds. The maximum absolute atomic E-state index is 14.0. The van der Waals surface area contributed by atoms with Crippen LogP contribution in [0.4, 0.5) is 10.3 Å². The van der Waals surface area contributed by atoms with Gasteiger partial charge in [-0.25, -0.2) is 27.1 Å². The monoisotopic (exact) mass is 709 g/mol. The zero-order valence-electron chi connectivity index (χ0n) is 30.7. The molecule has 1 aromatic heterocycles. The van der Waals surface area contributed by atoms with E-state index >= 15 is 0 Å². The van der Waals surface area contributed by atoms with Crippen LogP contribution in [-0.4, -0.2) is 71.6 Å². The second-order valence-electron chi connectivity index (χ2n) is 15.7. The van der Waals surface area contributed by atoms with Crippen LogP contribution in [0.25, 0.3) is 17.3 Å². The number of aromatic nitrogens is 2. The van der Waals surface area contributed by atoms with Gasteiger partial charge >= 0.3 is 5.97 Å². The molecule has 1 N–H and O–H groups in total. The third-order valence-corrected chi connectivity index (χ3v) is 19.5. The molecule has 1 heterocycles. The zero-order chi connectivity index (χ0) is 36.3. The molecule has 0 unspecified atom stereocenters. The second-order valence-corrected chi connectivity index (χ2v) is 27.2. The Morgan fingerprint density at radius 2 is 1.49 bits per heavy atom. The fourth-order valence-corrected chi connectivity index (χ4v) is 7.37. The quantitative estimate of drug-likeness (QED) is 0.194. The first-order valence-corrected chi connectivity index (χ1v) is 23.7. The molecule has 0 spiro atoms. The number of aliphatic carboxylic acids is 1. The number of carboxylic acids is 1. The van der Waals surface area contributed by atoms with Crippen LogP contribution in [0.1, 0.15) is 85.4 Å². The van der Waals surface area contributed by atoms with Crippen molar-refractivity contribution < 1.29 is 31.6 Å². The lowest BCUT2D eigenvalue weighted by Gasteiger charge is -2.42. The average Bonchev–Trinajstić information content (AvgIpc) is 2.88. The van der Waals surface area contributed by atoms with Gasteiger partial charge < -0.3 is 14.0 Å². The van der Waals surface area contributed by atoms with Crippen molar-refractivity contribution in [3.05, 3.63) is 47.4 Å². The minimum atomic E-state index is -3.67. The van der Waals surface area contributed by atoms with Crippen LogP contribution in [0, 0.1) is 5.82 Å². The minimum absolute atomic E-state index is 0.00559. The lowest BCUT2D eigenvalue weighted by atomic mass is 9.97. The molecule has 0 saturated carbocycles. The van der Waals surface area contributed by atoms with Gasteiger partial charge in [-0.1, -0.05) is 67.5 Å². The first-order chi connectivity index (χ1) is 21.2. The molecule has 0 aliphatic heterocycles. The number of benzene rings is 1. The van der Waals surface area contributed by atoms with Gasteiger partial charge in [0, 0.05) is 24.6 Å². The molecule has 264 valence electrons. The Bertz CT molecular complexity index is 1530. The number of nitrogens with zero attached hydrogens (tertiary/aromatic N) is 3. The van der Waals surface area contributed by atoms with E-state index in [0.29, 0.717) is 28.9 Å². The molecule has 2 rings (SSSR count). The van der Waals surface area contributed by atoms with Crippen LogP contribution < -0.4 is 4.31 Å². The van der Waals surface area contributed by atoms with Gasteiger partial charge in [-0.15, -0.1) is 0 Å². The molecule has 13 heteroatoms. The number of halogens is 1. The largest absolute Gasteiger partial charge is 0.481 e. The van der Waals surface area contributed by atoms with Crippen LogP contribution in [-0.2, 0) is 23.7 Å². The summed E-state index contributed by atoms with van der Waals surface area (Å²) < 4.78 is 53.6. The minimum Gasteiger partial charge on any atom is -0.481 e. The zero-order valence-corrected chi connectivity index (χ0v) is 33.5. The topological polar surface area (TPSA) is 119 Å². The summed E-state index contributed by atoms with van der Waals surface area (Å²) in [5, 5.41) is 9.63. The van der Waals surface area contributed by atoms with Crippen LogP contribution in [0.2, 0.25) is 36.3 Å². The van der Waals surface area contributed by atoms with Gasteiger partial charge in [0.15, 0.2) is 16.6 Å². The van der Waals surface area contributed by atoms with E-state index in [1.807, 2.05) is 26.0 Å². The summed E-state index contributed by atoms with van der Waals surface area (Å²) in [5.74, 6) is -1.48.